The summed E-state index contributed by atoms with van der Waals surface area (Å²) in [6.45, 7) is 3.88. The molecule has 1 atom stereocenters. The predicted octanol–water partition coefficient (Wildman–Crippen LogP) is 1.77. The van der Waals surface area contributed by atoms with E-state index < -0.39 is 5.92 Å². The van der Waals surface area contributed by atoms with Gasteiger partial charge in [0.1, 0.15) is 18.1 Å². The average molecular weight is 290 g/mol. The molecule has 0 fully saturated rings. The fourth-order valence-corrected chi connectivity index (χ4v) is 2.01. The van der Waals surface area contributed by atoms with Gasteiger partial charge in [0, 0.05) is 12.4 Å². The molecule has 0 amide bonds. The lowest BCUT2D eigenvalue weighted by Gasteiger charge is -2.19. The van der Waals surface area contributed by atoms with E-state index in [4.69, 9.17) is 9.47 Å². The Labute approximate surface area is 123 Å². The van der Waals surface area contributed by atoms with Gasteiger partial charge < -0.3 is 9.47 Å². The van der Waals surface area contributed by atoms with Crippen molar-refractivity contribution in [2.75, 3.05) is 14.2 Å². The van der Waals surface area contributed by atoms with E-state index in [1.807, 2.05) is 13.8 Å². The molecule has 2 heterocycles. The summed E-state index contributed by atoms with van der Waals surface area (Å²) in [6.07, 6.45) is 4.63. The number of imidazole rings is 1. The molecule has 0 aliphatic heterocycles. The molecule has 0 aromatic carbocycles. The molecule has 21 heavy (non-hydrogen) atoms. The number of carbonyl (C=O) groups excluding carboxylic acids is 1. The minimum absolute atomic E-state index is 0.0108. The average Bonchev–Trinajstić information content (AvgIpc) is 3.00. The maximum atomic E-state index is 12.6. The van der Waals surface area contributed by atoms with Gasteiger partial charge in [0.15, 0.2) is 0 Å². The largest absolute Gasteiger partial charge is 0.481 e. The van der Waals surface area contributed by atoms with Crippen LogP contribution >= 0.6 is 0 Å². The lowest BCUT2D eigenvalue weighted by Crippen LogP contribution is -2.25. The van der Waals surface area contributed by atoms with E-state index in [9.17, 15) is 4.79 Å². The Morgan fingerprint density at radius 1 is 1.19 bits per heavy atom. The number of hydrogen-bond donors (Lipinski definition) is 0. The number of nitrogens with zero attached hydrogens (tertiary/aromatic N) is 4. The Kier molecular flexibility index (Phi) is 4.52. The molecule has 0 aliphatic carbocycles. The first-order chi connectivity index (χ1) is 10.1. The minimum atomic E-state index is -0.511. The molecule has 2 aromatic heterocycles. The van der Waals surface area contributed by atoms with E-state index >= 15 is 0 Å². The second-order valence-electron chi connectivity index (χ2n) is 4.84. The normalized spacial score (nSPS) is 12.2. The van der Waals surface area contributed by atoms with Crippen LogP contribution < -0.4 is 9.47 Å². The van der Waals surface area contributed by atoms with E-state index in [0.717, 1.165) is 0 Å². The molecule has 0 saturated heterocycles. The summed E-state index contributed by atoms with van der Waals surface area (Å²) in [5.74, 6) is 0.458. The number of methoxy groups -OCH3 is 2. The number of aromatic nitrogens is 4. The first-order valence-corrected chi connectivity index (χ1v) is 6.56. The second-order valence-corrected chi connectivity index (χ2v) is 4.84. The van der Waals surface area contributed by atoms with Crippen molar-refractivity contribution < 1.29 is 14.3 Å². The zero-order valence-electron chi connectivity index (χ0n) is 12.5. The topological polar surface area (TPSA) is 79.1 Å². The molecule has 0 saturated carbocycles. The quantitative estimate of drug-likeness (QED) is 0.835. The van der Waals surface area contributed by atoms with Crippen molar-refractivity contribution in [3.8, 4) is 11.8 Å². The Balaban J connectivity index is 2.45. The van der Waals surface area contributed by atoms with Crippen LogP contribution in [0.5, 0.6) is 11.8 Å². The summed E-state index contributed by atoms with van der Waals surface area (Å²) in [4.78, 5) is 25.1. The molecule has 0 radical (unpaired) electrons. The molecule has 7 nitrogen and oxygen atoms in total. The molecule has 2 rings (SSSR count). The van der Waals surface area contributed by atoms with Crippen molar-refractivity contribution in [3.63, 3.8) is 0 Å². The molecular formula is C14H18N4O3. The number of carbonyl (C=O) groups is 1. The monoisotopic (exact) mass is 290 g/mol. The maximum absolute atomic E-state index is 12.6. The predicted molar refractivity (Wildman–Crippen MR) is 75.6 cm³/mol. The Hall–Kier alpha value is -2.44. The van der Waals surface area contributed by atoms with Crippen LogP contribution in [0.1, 0.15) is 30.4 Å². The third-order valence-electron chi connectivity index (χ3n) is 3.08. The van der Waals surface area contributed by atoms with Gasteiger partial charge in [-0.3, -0.25) is 9.36 Å². The third kappa shape index (κ3) is 3.18. The molecule has 0 N–H and O–H groups in total. The van der Waals surface area contributed by atoms with Gasteiger partial charge in [-0.1, -0.05) is 13.8 Å². The Bertz CT molecular complexity index is 588. The molecule has 112 valence electrons. The van der Waals surface area contributed by atoms with E-state index in [2.05, 4.69) is 15.0 Å². The van der Waals surface area contributed by atoms with Gasteiger partial charge in [-0.2, -0.15) is 9.97 Å². The van der Waals surface area contributed by atoms with Crippen molar-refractivity contribution in [2.24, 2.45) is 5.92 Å². The standard InChI is InChI=1S/C14H18N4O3/c1-9(2)12(14(19)18-6-5-15-8-18)13-16-10(20-3)7-11(17-13)21-4/h5-9,12H,1-4H3. The summed E-state index contributed by atoms with van der Waals surface area (Å²) in [5.41, 5.74) is 0. The van der Waals surface area contributed by atoms with Crippen LogP contribution in [0.15, 0.2) is 24.8 Å². The number of rotatable bonds is 5. The van der Waals surface area contributed by atoms with Gasteiger partial charge in [-0.15, -0.1) is 0 Å². The molecular weight excluding hydrogens is 272 g/mol. The second kappa shape index (κ2) is 6.34. The van der Waals surface area contributed by atoms with Crippen molar-refractivity contribution in [1.82, 2.24) is 19.5 Å². The van der Waals surface area contributed by atoms with Crippen molar-refractivity contribution in [2.45, 2.75) is 19.8 Å². The highest BCUT2D eigenvalue weighted by Gasteiger charge is 2.29. The molecule has 1 unspecified atom stereocenters. The SMILES string of the molecule is COc1cc(OC)nc(C(C(=O)n2ccnc2)C(C)C)n1. The van der Waals surface area contributed by atoms with Gasteiger partial charge in [-0.05, 0) is 5.92 Å². The maximum Gasteiger partial charge on any atom is 0.242 e. The first-order valence-electron chi connectivity index (χ1n) is 6.56. The fourth-order valence-electron chi connectivity index (χ4n) is 2.01. The summed E-state index contributed by atoms with van der Waals surface area (Å²) in [5, 5.41) is 0. The number of hydrogen-bond acceptors (Lipinski definition) is 6. The molecule has 0 bridgehead atoms. The molecule has 7 heteroatoms. The van der Waals surface area contributed by atoms with Crippen LogP contribution in [0.3, 0.4) is 0 Å². The summed E-state index contributed by atoms with van der Waals surface area (Å²) in [7, 11) is 3.02. The van der Waals surface area contributed by atoms with E-state index in [0.29, 0.717) is 17.6 Å². The highest BCUT2D eigenvalue weighted by atomic mass is 16.5. The van der Waals surface area contributed by atoms with Crippen LogP contribution in [0, 0.1) is 5.92 Å². The Morgan fingerprint density at radius 3 is 2.24 bits per heavy atom. The van der Waals surface area contributed by atoms with Crippen molar-refractivity contribution in [3.05, 3.63) is 30.6 Å². The molecule has 2 aromatic rings. The van der Waals surface area contributed by atoms with Crippen LogP contribution in [-0.2, 0) is 0 Å². The van der Waals surface area contributed by atoms with E-state index in [1.54, 1.807) is 18.5 Å². The summed E-state index contributed by atoms with van der Waals surface area (Å²) >= 11 is 0. The van der Waals surface area contributed by atoms with Crippen LogP contribution in [-0.4, -0.2) is 39.6 Å². The highest BCUT2D eigenvalue weighted by molar-refractivity contribution is 5.85. The van der Waals surface area contributed by atoms with Gasteiger partial charge in [0.25, 0.3) is 0 Å². The summed E-state index contributed by atoms with van der Waals surface area (Å²) < 4.78 is 11.7. The van der Waals surface area contributed by atoms with Crippen LogP contribution in [0.25, 0.3) is 0 Å². The van der Waals surface area contributed by atoms with Gasteiger partial charge in [0.05, 0.1) is 20.3 Å². The molecule has 0 aliphatic rings. The molecule has 0 spiro atoms. The van der Waals surface area contributed by atoms with E-state index in [-0.39, 0.29) is 11.8 Å². The van der Waals surface area contributed by atoms with Crippen molar-refractivity contribution >= 4 is 5.91 Å². The van der Waals surface area contributed by atoms with Gasteiger partial charge in [0.2, 0.25) is 17.7 Å². The van der Waals surface area contributed by atoms with Gasteiger partial charge >= 0.3 is 0 Å². The van der Waals surface area contributed by atoms with E-state index in [1.165, 1.54) is 25.1 Å². The summed E-state index contributed by atoms with van der Waals surface area (Å²) in [6, 6.07) is 1.57. The van der Waals surface area contributed by atoms with Crippen LogP contribution in [0.4, 0.5) is 0 Å². The lowest BCUT2D eigenvalue weighted by molar-refractivity contribution is 0.0848. The van der Waals surface area contributed by atoms with Gasteiger partial charge in [-0.25, -0.2) is 4.98 Å². The smallest absolute Gasteiger partial charge is 0.242 e. The lowest BCUT2D eigenvalue weighted by atomic mass is 9.94. The zero-order chi connectivity index (χ0) is 15.4. The fraction of sp³-hybridized carbons (Fsp3) is 0.429. The minimum Gasteiger partial charge on any atom is -0.481 e. The van der Waals surface area contributed by atoms with Crippen LogP contribution in [0.2, 0.25) is 0 Å². The highest BCUT2D eigenvalue weighted by Crippen LogP contribution is 2.27. The third-order valence-corrected chi connectivity index (χ3v) is 3.08. The number of ether oxygens (including phenoxy) is 2. The Morgan fingerprint density at radius 2 is 1.81 bits per heavy atom. The van der Waals surface area contributed by atoms with Crippen molar-refractivity contribution in [1.29, 1.82) is 0 Å². The zero-order valence-corrected chi connectivity index (χ0v) is 12.5. The first kappa shape index (κ1) is 15.0.